The number of piperidine rings is 1. The third-order valence-electron chi connectivity index (χ3n) is 5.22. The van der Waals surface area contributed by atoms with E-state index in [1.807, 2.05) is 12.1 Å². The molecule has 7 nitrogen and oxygen atoms in total. The summed E-state index contributed by atoms with van der Waals surface area (Å²) in [7, 11) is 3.31. The van der Waals surface area contributed by atoms with Gasteiger partial charge in [0.25, 0.3) is 0 Å². The fraction of sp³-hybridized carbons (Fsp3) is 0.579. The SMILES string of the molecule is COc1cc2nc(N3CCCC3)nc(NC3CCCNC3)c2cc1OC. The number of anilines is 2. The molecule has 4 rings (SSSR count). The Labute approximate surface area is 154 Å². The lowest BCUT2D eigenvalue weighted by Gasteiger charge is -2.26. The Morgan fingerprint density at radius 3 is 2.54 bits per heavy atom. The third kappa shape index (κ3) is 3.35. The molecular formula is C19H27N5O2. The van der Waals surface area contributed by atoms with Crippen molar-refractivity contribution in [3.63, 3.8) is 0 Å². The molecule has 2 aliphatic heterocycles. The van der Waals surface area contributed by atoms with E-state index in [0.29, 0.717) is 17.5 Å². The first-order valence-electron chi connectivity index (χ1n) is 9.44. The summed E-state index contributed by atoms with van der Waals surface area (Å²) in [5.74, 6) is 3.07. The first-order valence-corrected chi connectivity index (χ1v) is 9.44. The molecule has 3 heterocycles. The maximum absolute atomic E-state index is 5.49. The highest BCUT2D eigenvalue weighted by atomic mass is 16.5. The second-order valence-electron chi connectivity index (χ2n) is 6.98. The fourth-order valence-electron chi connectivity index (χ4n) is 3.78. The molecule has 2 aliphatic rings. The van der Waals surface area contributed by atoms with Crippen molar-refractivity contribution in [1.82, 2.24) is 15.3 Å². The van der Waals surface area contributed by atoms with Crippen LogP contribution in [-0.2, 0) is 0 Å². The summed E-state index contributed by atoms with van der Waals surface area (Å²) >= 11 is 0. The van der Waals surface area contributed by atoms with Crippen LogP contribution in [0.15, 0.2) is 12.1 Å². The van der Waals surface area contributed by atoms with Gasteiger partial charge in [-0.2, -0.15) is 4.98 Å². The second-order valence-corrected chi connectivity index (χ2v) is 6.98. The Morgan fingerprint density at radius 1 is 1.08 bits per heavy atom. The lowest BCUT2D eigenvalue weighted by Crippen LogP contribution is -2.38. The number of benzene rings is 1. The Morgan fingerprint density at radius 2 is 1.85 bits per heavy atom. The van der Waals surface area contributed by atoms with E-state index >= 15 is 0 Å². The Hall–Kier alpha value is -2.28. The maximum atomic E-state index is 5.49. The van der Waals surface area contributed by atoms with Crippen molar-refractivity contribution in [2.24, 2.45) is 0 Å². The average molecular weight is 357 g/mol. The molecule has 2 fully saturated rings. The van der Waals surface area contributed by atoms with E-state index in [1.165, 1.54) is 19.3 Å². The lowest BCUT2D eigenvalue weighted by molar-refractivity contribution is 0.356. The van der Waals surface area contributed by atoms with Gasteiger partial charge in [0.05, 0.1) is 19.7 Å². The molecule has 2 N–H and O–H groups in total. The summed E-state index contributed by atoms with van der Waals surface area (Å²) in [5.41, 5.74) is 0.880. The molecule has 1 unspecified atom stereocenters. The molecule has 0 radical (unpaired) electrons. The number of methoxy groups -OCH3 is 2. The number of hydrogen-bond donors (Lipinski definition) is 2. The van der Waals surface area contributed by atoms with E-state index in [4.69, 9.17) is 19.4 Å². The Kier molecular flexibility index (Phi) is 4.97. The zero-order valence-corrected chi connectivity index (χ0v) is 15.5. The summed E-state index contributed by atoms with van der Waals surface area (Å²) in [5, 5.41) is 8.06. The smallest absolute Gasteiger partial charge is 0.227 e. The van der Waals surface area contributed by atoms with Gasteiger partial charge in [-0.1, -0.05) is 0 Å². The molecule has 0 spiro atoms. The highest BCUT2D eigenvalue weighted by Crippen LogP contribution is 2.35. The van der Waals surface area contributed by atoms with Gasteiger partial charge in [0, 0.05) is 37.1 Å². The minimum absolute atomic E-state index is 0.376. The highest BCUT2D eigenvalue weighted by molar-refractivity contribution is 5.93. The molecule has 1 atom stereocenters. The zero-order valence-electron chi connectivity index (χ0n) is 15.5. The van der Waals surface area contributed by atoms with Crippen LogP contribution >= 0.6 is 0 Å². The molecule has 0 amide bonds. The van der Waals surface area contributed by atoms with Crippen LogP contribution < -0.4 is 25.0 Å². The molecule has 2 saturated heterocycles. The molecule has 0 bridgehead atoms. The number of ether oxygens (including phenoxy) is 2. The summed E-state index contributed by atoms with van der Waals surface area (Å²) in [6.07, 6.45) is 4.72. The molecule has 7 heteroatoms. The van der Waals surface area contributed by atoms with Crippen LogP contribution in [0.2, 0.25) is 0 Å². The lowest BCUT2D eigenvalue weighted by atomic mass is 10.1. The first kappa shape index (κ1) is 17.1. The van der Waals surface area contributed by atoms with E-state index < -0.39 is 0 Å². The molecule has 0 aliphatic carbocycles. The van der Waals surface area contributed by atoms with Gasteiger partial charge < -0.3 is 25.0 Å². The van der Waals surface area contributed by atoms with Crippen LogP contribution in [0.4, 0.5) is 11.8 Å². The van der Waals surface area contributed by atoms with Crippen molar-refractivity contribution in [3.8, 4) is 11.5 Å². The van der Waals surface area contributed by atoms with Gasteiger partial charge in [0.2, 0.25) is 5.95 Å². The number of nitrogens with one attached hydrogen (secondary N) is 2. The molecule has 1 aromatic carbocycles. The normalized spacial score (nSPS) is 20.4. The van der Waals surface area contributed by atoms with Crippen LogP contribution in [0.1, 0.15) is 25.7 Å². The van der Waals surface area contributed by atoms with Gasteiger partial charge in [-0.15, -0.1) is 0 Å². The average Bonchev–Trinajstić information content (AvgIpc) is 3.22. The number of hydrogen-bond acceptors (Lipinski definition) is 7. The summed E-state index contributed by atoms with van der Waals surface area (Å²) < 4.78 is 11.0. The highest BCUT2D eigenvalue weighted by Gasteiger charge is 2.21. The monoisotopic (exact) mass is 357 g/mol. The van der Waals surface area contributed by atoms with Gasteiger partial charge >= 0.3 is 0 Å². The molecule has 2 aromatic rings. The minimum atomic E-state index is 0.376. The van der Waals surface area contributed by atoms with Crippen molar-refractivity contribution in [2.75, 3.05) is 50.6 Å². The molecular weight excluding hydrogens is 330 g/mol. The third-order valence-corrected chi connectivity index (χ3v) is 5.22. The van der Waals surface area contributed by atoms with E-state index in [2.05, 4.69) is 15.5 Å². The maximum Gasteiger partial charge on any atom is 0.227 e. The topological polar surface area (TPSA) is 71.5 Å². The van der Waals surface area contributed by atoms with Gasteiger partial charge in [0.1, 0.15) is 5.82 Å². The minimum Gasteiger partial charge on any atom is -0.493 e. The standard InChI is InChI=1S/C19H27N5O2/c1-25-16-10-14-15(11-17(16)26-2)22-19(24-8-3-4-9-24)23-18(14)21-13-6-5-7-20-12-13/h10-11,13,20H,3-9,12H2,1-2H3,(H,21,22,23). The first-order chi connectivity index (χ1) is 12.8. The molecule has 1 aromatic heterocycles. The zero-order chi connectivity index (χ0) is 17.9. The predicted molar refractivity (Wildman–Crippen MR) is 104 cm³/mol. The Bertz CT molecular complexity index is 770. The van der Waals surface area contributed by atoms with Crippen molar-refractivity contribution < 1.29 is 9.47 Å². The van der Waals surface area contributed by atoms with Crippen molar-refractivity contribution >= 4 is 22.7 Å². The predicted octanol–water partition coefficient (Wildman–Crippen LogP) is 2.41. The van der Waals surface area contributed by atoms with Crippen molar-refractivity contribution in [2.45, 2.75) is 31.7 Å². The molecule has 0 saturated carbocycles. The van der Waals surface area contributed by atoms with Crippen LogP contribution in [0.5, 0.6) is 11.5 Å². The molecule has 26 heavy (non-hydrogen) atoms. The van der Waals surface area contributed by atoms with Gasteiger partial charge in [-0.25, -0.2) is 4.98 Å². The van der Waals surface area contributed by atoms with Crippen LogP contribution in [0, 0.1) is 0 Å². The summed E-state index contributed by atoms with van der Waals surface area (Å²) in [6.45, 7) is 4.08. The van der Waals surface area contributed by atoms with E-state index in [9.17, 15) is 0 Å². The second kappa shape index (κ2) is 7.53. The van der Waals surface area contributed by atoms with Crippen molar-refractivity contribution in [3.05, 3.63) is 12.1 Å². The number of rotatable bonds is 5. The number of nitrogens with zero attached hydrogens (tertiary/aromatic N) is 3. The van der Waals surface area contributed by atoms with Gasteiger partial charge in [0.15, 0.2) is 11.5 Å². The largest absolute Gasteiger partial charge is 0.493 e. The Balaban J connectivity index is 1.78. The van der Waals surface area contributed by atoms with Crippen LogP contribution in [0.25, 0.3) is 10.9 Å². The van der Waals surface area contributed by atoms with Crippen LogP contribution in [0.3, 0.4) is 0 Å². The molecule has 140 valence electrons. The summed E-state index contributed by atoms with van der Waals surface area (Å²) in [6, 6.07) is 4.29. The fourth-order valence-corrected chi connectivity index (χ4v) is 3.78. The van der Waals surface area contributed by atoms with Gasteiger partial charge in [-0.3, -0.25) is 0 Å². The van der Waals surface area contributed by atoms with E-state index in [-0.39, 0.29) is 0 Å². The van der Waals surface area contributed by atoms with Crippen LogP contribution in [-0.4, -0.2) is 56.4 Å². The van der Waals surface area contributed by atoms with E-state index in [1.54, 1.807) is 14.2 Å². The number of fused-ring (bicyclic) bond motifs is 1. The van der Waals surface area contributed by atoms with Crippen molar-refractivity contribution in [1.29, 1.82) is 0 Å². The summed E-state index contributed by atoms with van der Waals surface area (Å²) in [4.78, 5) is 12.0. The quantitative estimate of drug-likeness (QED) is 0.851. The van der Waals surface area contributed by atoms with Gasteiger partial charge in [-0.05, 0) is 38.3 Å². The number of aromatic nitrogens is 2. The van der Waals surface area contributed by atoms with E-state index in [0.717, 1.165) is 55.3 Å².